The Morgan fingerprint density at radius 2 is 1.79 bits per heavy atom. The molecule has 3 saturated heterocycles. The molecule has 0 unspecified atom stereocenters. The van der Waals surface area contributed by atoms with Crippen LogP contribution in [-0.4, -0.2) is 48.1 Å². The molecule has 3 aliphatic heterocycles. The molecule has 2 aromatic carbocycles. The van der Waals surface area contributed by atoms with Crippen LogP contribution in [0.5, 0.6) is 0 Å². The smallest absolute Gasteiger partial charge is 0.319 e. The Balaban J connectivity index is 1.37. The number of piperidine rings is 3. The van der Waals surface area contributed by atoms with Gasteiger partial charge in [0.15, 0.2) is 5.76 Å². The quantitative estimate of drug-likeness (QED) is 0.520. The zero-order chi connectivity index (χ0) is 23.9. The number of para-hydroxylation sites is 1. The van der Waals surface area contributed by atoms with Gasteiger partial charge in [0.1, 0.15) is 5.58 Å². The maximum Gasteiger partial charge on any atom is 0.319 e. The van der Waals surface area contributed by atoms with Crippen molar-refractivity contribution < 1.29 is 14.0 Å². The highest BCUT2D eigenvalue weighted by Gasteiger charge is 2.35. The predicted molar refractivity (Wildman–Crippen MR) is 134 cm³/mol. The summed E-state index contributed by atoms with van der Waals surface area (Å²) in [5, 5.41) is 9.87. The largest absolute Gasteiger partial charge is 0.450 e. The van der Waals surface area contributed by atoms with E-state index in [1.807, 2.05) is 69.3 Å². The molecule has 3 aromatic rings. The minimum absolute atomic E-state index is 0.157. The third kappa shape index (κ3) is 4.80. The summed E-state index contributed by atoms with van der Waals surface area (Å²) >= 11 is 0. The average Bonchev–Trinajstić information content (AvgIpc) is 3.23. The van der Waals surface area contributed by atoms with Crippen LogP contribution < -0.4 is 16.0 Å². The van der Waals surface area contributed by atoms with Crippen molar-refractivity contribution in [1.82, 2.24) is 15.5 Å². The van der Waals surface area contributed by atoms with Crippen molar-refractivity contribution >= 4 is 28.6 Å². The Hall–Kier alpha value is -3.32. The molecule has 3 aliphatic rings. The number of fused-ring (bicyclic) bond motifs is 4. The molecule has 7 heteroatoms. The molecule has 3 N–H and O–H groups in total. The summed E-state index contributed by atoms with van der Waals surface area (Å²) in [6.45, 7) is 9.00. The second-order valence-corrected chi connectivity index (χ2v) is 10.5. The molecule has 1 atom stereocenters. The molecule has 2 bridgehead atoms. The number of nitrogens with zero attached hydrogens (tertiary/aromatic N) is 1. The van der Waals surface area contributed by atoms with Crippen molar-refractivity contribution in [3.05, 3.63) is 54.3 Å². The van der Waals surface area contributed by atoms with E-state index in [0.29, 0.717) is 22.9 Å². The fraction of sp³-hybridized carbons (Fsp3) is 0.407. The molecule has 34 heavy (non-hydrogen) atoms. The van der Waals surface area contributed by atoms with Crippen LogP contribution in [0.15, 0.2) is 52.9 Å². The van der Waals surface area contributed by atoms with Gasteiger partial charge in [0, 0.05) is 34.8 Å². The van der Waals surface area contributed by atoms with Crippen LogP contribution in [0, 0.1) is 5.92 Å². The van der Waals surface area contributed by atoms with Gasteiger partial charge in [-0.25, -0.2) is 4.79 Å². The van der Waals surface area contributed by atoms with Gasteiger partial charge in [0.25, 0.3) is 5.91 Å². The summed E-state index contributed by atoms with van der Waals surface area (Å²) in [5.41, 5.74) is 2.80. The zero-order valence-corrected chi connectivity index (χ0v) is 20.0. The fourth-order valence-corrected chi connectivity index (χ4v) is 5.04. The van der Waals surface area contributed by atoms with Gasteiger partial charge in [0.05, 0.1) is 0 Å². The van der Waals surface area contributed by atoms with E-state index < -0.39 is 0 Å². The van der Waals surface area contributed by atoms with Crippen molar-refractivity contribution in [3.63, 3.8) is 0 Å². The number of carbonyl (C=O) groups is 2. The Labute approximate surface area is 199 Å². The monoisotopic (exact) mass is 460 g/mol. The van der Waals surface area contributed by atoms with Gasteiger partial charge in [-0.05, 0) is 76.4 Å². The van der Waals surface area contributed by atoms with Crippen molar-refractivity contribution in [2.24, 2.45) is 5.92 Å². The van der Waals surface area contributed by atoms with E-state index >= 15 is 0 Å². The average molecular weight is 461 g/mol. The van der Waals surface area contributed by atoms with E-state index in [1.54, 1.807) is 0 Å². The lowest BCUT2D eigenvalue weighted by atomic mass is 9.84. The highest BCUT2D eigenvalue weighted by atomic mass is 16.3. The van der Waals surface area contributed by atoms with Gasteiger partial charge in [-0.2, -0.15) is 0 Å². The normalized spacial score (nSPS) is 21.9. The molecule has 0 radical (unpaired) electrons. The molecule has 3 fully saturated rings. The summed E-state index contributed by atoms with van der Waals surface area (Å²) in [4.78, 5) is 27.7. The number of benzene rings is 2. The molecular weight excluding hydrogens is 428 g/mol. The lowest BCUT2D eigenvalue weighted by Crippen LogP contribution is -2.57. The molecule has 0 saturated carbocycles. The Kier molecular flexibility index (Phi) is 5.81. The molecule has 0 spiro atoms. The molecule has 7 nitrogen and oxygen atoms in total. The van der Waals surface area contributed by atoms with Crippen molar-refractivity contribution in [2.45, 2.75) is 45.2 Å². The number of furan rings is 1. The highest BCUT2D eigenvalue weighted by molar-refractivity contribution is 6.00. The number of hydrogen-bond acceptors (Lipinski definition) is 4. The first kappa shape index (κ1) is 22.5. The van der Waals surface area contributed by atoms with Crippen LogP contribution in [0.2, 0.25) is 0 Å². The Morgan fingerprint density at radius 1 is 1.03 bits per heavy atom. The lowest BCUT2D eigenvalue weighted by molar-refractivity contribution is 0.0607. The van der Waals surface area contributed by atoms with Gasteiger partial charge < -0.3 is 25.3 Å². The summed E-state index contributed by atoms with van der Waals surface area (Å²) < 4.78 is 6.10. The maximum atomic E-state index is 13.0. The van der Waals surface area contributed by atoms with Gasteiger partial charge in [0.2, 0.25) is 0 Å². The Morgan fingerprint density at radius 3 is 2.50 bits per heavy atom. The van der Waals surface area contributed by atoms with Gasteiger partial charge in [-0.3, -0.25) is 4.79 Å². The SMILES string of the molecule is CC(C)(C)NC(=O)Nc1cccc(-c2cccc3cc(C(=O)N[C@H]4CN5CCC4CC5)oc23)c1. The van der Waals surface area contributed by atoms with Crippen LogP contribution in [0.25, 0.3) is 22.1 Å². The molecular formula is C27H32N4O3. The van der Waals surface area contributed by atoms with E-state index in [-0.39, 0.29) is 23.5 Å². The number of nitrogens with one attached hydrogen (secondary N) is 3. The second kappa shape index (κ2) is 8.80. The van der Waals surface area contributed by atoms with E-state index in [2.05, 4.69) is 20.9 Å². The van der Waals surface area contributed by atoms with Crippen LogP contribution >= 0.6 is 0 Å². The topological polar surface area (TPSA) is 86.6 Å². The number of anilines is 1. The standard InChI is InChI=1S/C27H32N4O3/c1-27(2,3)30-26(33)28-20-8-4-6-18(14-20)21-9-5-7-19-15-23(34-24(19)21)25(32)29-22-16-31-12-10-17(22)11-13-31/h4-9,14-15,17,22H,10-13,16H2,1-3H3,(H,29,32)(H2,28,30,33)/t22-/m0/s1. The number of hydrogen-bond donors (Lipinski definition) is 3. The third-order valence-corrected chi connectivity index (χ3v) is 6.66. The number of urea groups is 1. The summed E-state index contributed by atoms with van der Waals surface area (Å²) in [6, 6.07) is 15.2. The Bertz CT molecular complexity index is 1220. The van der Waals surface area contributed by atoms with Gasteiger partial charge in [-0.15, -0.1) is 0 Å². The zero-order valence-electron chi connectivity index (χ0n) is 20.0. The molecule has 1 aromatic heterocycles. The molecule has 6 rings (SSSR count). The van der Waals surface area contributed by atoms with Crippen LogP contribution in [0.3, 0.4) is 0 Å². The maximum absolute atomic E-state index is 13.0. The fourth-order valence-electron chi connectivity index (χ4n) is 5.04. The van der Waals surface area contributed by atoms with E-state index in [9.17, 15) is 9.59 Å². The van der Waals surface area contributed by atoms with Gasteiger partial charge in [-0.1, -0.05) is 30.3 Å². The van der Waals surface area contributed by atoms with Crippen molar-refractivity contribution in [3.8, 4) is 11.1 Å². The van der Waals surface area contributed by atoms with Gasteiger partial charge >= 0.3 is 6.03 Å². The first-order chi connectivity index (χ1) is 16.2. The van der Waals surface area contributed by atoms with E-state index in [0.717, 1.165) is 49.0 Å². The summed E-state index contributed by atoms with van der Waals surface area (Å²) in [7, 11) is 0. The summed E-state index contributed by atoms with van der Waals surface area (Å²) in [5.74, 6) is 0.729. The molecule has 0 aliphatic carbocycles. The first-order valence-electron chi connectivity index (χ1n) is 12.0. The minimum Gasteiger partial charge on any atom is -0.450 e. The number of carbonyl (C=O) groups excluding carboxylic acids is 2. The van der Waals surface area contributed by atoms with E-state index in [4.69, 9.17) is 4.42 Å². The minimum atomic E-state index is -0.326. The first-order valence-corrected chi connectivity index (χ1v) is 12.0. The number of amides is 3. The lowest BCUT2D eigenvalue weighted by Gasteiger charge is -2.44. The predicted octanol–water partition coefficient (Wildman–Crippen LogP) is 4.84. The molecule has 178 valence electrons. The third-order valence-electron chi connectivity index (χ3n) is 6.66. The molecule has 4 heterocycles. The van der Waals surface area contributed by atoms with Crippen molar-refractivity contribution in [2.75, 3.05) is 25.0 Å². The number of rotatable bonds is 4. The van der Waals surface area contributed by atoms with Crippen LogP contribution in [0.1, 0.15) is 44.2 Å². The van der Waals surface area contributed by atoms with Crippen LogP contribution in [-0.2, 0) is 0 Å². The van der Waals surface area contributed by atoms with E-state index in [1.165, 1.54) is 0 Å². The highest BCUT2D eigenvalue weighted by Crippen LogP contribution is 2.33. The van der Waals surface area contributed by atoms with Crippen LogP contribution in [0.4, 0.5) is 10.5 Å². The van der Waals surface area contributed by atoms with Crippen molar-refractivity contribution in [1.29, 1.82) is 0 Å². The second-order valence-electron chi connectivity index (χ2n) is 10.5. The molecule has 3 amide bonds. The summed E-state index contributed by atoms with van der Waals surface area (Å²) in [6.07, 6.45) is 2.29.